The van der Waals surface area contributed by atoms with Crippen molar-refractivity contribution in [1.29, 1.82) is 0 Å². The molecule has 33 heavy (non-hydrogen) atoms. The molecule has 1 aliphatic heterocycles. The quantitative estimate of drug-likeness (QED) is 0.275. The van der Waals surface area contributed by atoms with E-state index in [2.05, 4.69) is 35.3 Å². The van der Waals surface area contributed by atoms with E-state index in [1.54, 1.807) is 37.6 Å². The number of aliphatic imine (C=N–C) groups is 1. The Morgan fingerprint density at radius 3 is 2.48 bits per heavy atom. The van der Waals surface area contributed by atoms with E-state index in [1.165, 1.54) is 0 Å². The first-order valence-corrected chi connectivity index (χ1v) is 10.2. The first kappa shape index (κ1) is 25.0. The largest absolute Gasteiger partial charge is 0.461 e. The lowest BCUT2D eigenvalue weighted by Gasteiger charge is -2.36. The van der Waals surface area contributed by atoms with E-state index in [1.807, 2.05) is 0 Å². The zero-order chi connectivity index (χ0) is 22.6. The minimum atomic E-state index is -4.31. The van der Waals surface area contributed by atoms with Crippen molar-refractivity contribution in [1.82, 2.24) is 30.3 Å². The molecule has 0 spiro atoms. The van der Waals surface area contributed by atoms with E-state index in [0.29, 0.717) is 30.5 Å². The fourth-order valence-corrected chi connectivity index (χ4v) is 3.56. The van der Waals surface area contributed by atoms with Gasteiger partial charge in [0.25, 0.3) is 0 Å². The molecule has 0 atom stereocenters. The van der Waals surface area contributed by atoms with Gasteiger partial charge >= 0.3 is 6.18 Å². The molecule has 1 fully saturated rings. The van der Waals surface area contributed by atoms with Gasteiger partial charge in [0.15, 0.2) is 11.7 Å². The monoisotopic (exact) mass is 575 g/mol. The molecule has 1 aliphatic rings. The molecular formula is C21H25F3IN7O. The Balaban J connectivity index is 0.00000306. The van der Waals surface area contributed by atoms with Crippen molar-refractivity contribution in [2.45, 2.75) is 19.3 Å². The highest BCUT2D eigenvalue weighted by molar-refractivity contribution is 14.0. The second kappa shape index (κ2) is 11.0. The fraction of sp³-hybridized carbons (Fsp3) is 0.381. The van der Waals surface area contributed by atoms with Crippen LogP contribution in [0.3, 0.4) is 0 Å². The Labute approximate surface area is 206 Å². The van der Waals surface area contributed by atoms with Crippen molar-refractivity contribution in [2.75, 3.05) is 33.2 Å². The molecule has 0 amide bonds. The van der Waals surface area contributed by atoms with Gasteiger partial charge in [0.2, 0.25) is 5.82 Å². The standard InChI is InChI=1S/C21H24F3N7O.HI/c1-25-20(26-13-18-27-19(29-28-18)17-3-2-12-32-17)31-10-8-30(9-11-31)14-15-4-6-16(7-5-15)21(22,23)24;/h2-7,12H,8-11,13-14H2,1H3,(H,25,26)(H,27,28,29);1H. The van der Waals surface area contributed by atoms with Crippen LogP contribution in [-0.2, 0) is 19.3 Å². The molecule has 4 rings (SSSR count). The van der Waals surface area contributed by atoms with Crippen molar-refractivity contribution >= 4 is 29.9 Å². The maximum atomic E-state index is 12.7. The lowest BCUT2D eigenvalue weighted by molar-refractivity contribution is -0.137. The van der Waals surface area contributed by atoms with Crippen molar-refractivity contribution < 1.29 is 17.6 Å². The van der Waals surface area contributed by atoms with Crippen LogP contribution in [0.1, 0.15) is 17.0 Å². The summed E-state index contributed by atoms with van der Waals surface area (Å²) in [6, 6.07) is 8.94. The number of guanidine groups is 1. The number of H-pyrrole nitrogens is 1. The summed E-state index contributed by atoms with van der Waals surface area (Å²) < 4.78 is 43.5. The molecule has 0 unspecified atom stereocenters. The number of furan rings is 1. The van der Waals surface area contributed by atoms with E-state index in [9.17, 15) is 13.2 Å². The van der Waals surface area contributed by atoms with E-state index >= 15 is 0 Å². The van der Waals surface area contributed by atoms with Gasteiger partial charge in [-0.15, -0.1) is 29.1 Å². The SMILES string of the molecule is CN=C(NCc1nc(-c2ccco2)n[nH]1)N1CCN(Cc2ccc(C(F)(F)F)cc2)CC1.I. The third-order valence-electron chi connectivity index (χ3n) is 5.26. The number of alkyl halides is 3. The normalized spacial score (nSPS) is 15.4. The topological polar surface area (TPSA) is 85.6 Å². The third kappa shape index (κ3) is 6.47. The van der Waals surface area contributed by atoms with Gasteiger partial charge in [-0.05, 0) is 29.8 Å². The Hall–Kier alpha value is -2.61. The number of halogens is 4. The van der Waals surface area contributed by atoms with Gasteiger partial charge in [0, 0.05) is 39.8 Å². The van der Waals surface area contributed by atoms with Gasteiger partial charge in [0.05, 0.1) is 18.4 Å². The Kier molecular flexibility index (Phi) is 8.35. The van der Waals surface area contributed by atoms with E-state index in [0.717, 1.165) is 49.8 Å². The average Bonchev–Trinajstić information content (AvgIpc) is 3.47. The van der Waals surface area contributed by atoms with Crippen LogP contribution in [0.25, 0.3) is 11.6 Å². The molecule has 12 heteroatoms. The van der Waals surface area contributed by atoms with Crippen LogP contribution in [0, 0.1) is 0 Å². The van der Waals surface area contributed by atoms with Crippen LogP contribution in [0.2, 0.25) is 0 Å². The molecule has 2 aromatic heterocycles. The summed E-state index contributed by atoms with van der Waals surface area (Å²) in [5.74, 6) is 2.52. The minimum absolute atomic E-state index is 0. The maximum Gasteiger partial charge on any atom is 0.416 e. The summed E-state index contributed by atoms with van der Waals surface area (Å²) in [5.41, 5.74) is 0.246. The van der Waals surface area contributed by atoms with Gasteiger partial charge in [-0.3, -0.25) is 15.0 Å². The summed E-state index contributed by atoms with van der Waals surface area (Å²) >= 11 is 0. The van der Waals surface area contributed by atoms with Crippen LogP contribution in [0.5, 0.6) is 0 Å². The number of aromatic nitrogens is 3. The molecule has 8 nitrogen and oxygen atoms in total. The highest BCUT2D eigenvalue weighted by atomic mass is 127. The number of hydrogen-bond donors (Lipinski definition) is 2. The van der Waals surface area contributed by atoms with Crippen molar-refractivity contribution in [3.8, 4) is 11.6 Å². The molecule has 1 aromatic carbocycles. The highest BCUT2D eigenvalue weighted by Gasteiger charge is 2.30. The van der Waals surface area contributed by atoms with Crippen LogP contribution in [-0.4, -0.2) is 64.2 Å². The summed E-state index contributed by atoms with van der Waals surface area (Å²) in [7, 11) is 1.73. The molecule has 3 aromatic rings. The summed E-state index contributed by atoms with van der Waals surface area (Å²) in [6.07, 6.45) is -2.73. The van der Waals surface area contributed by atoms with E-state index < -0.39 is 11.7 Å². The number of nitrogens with one attached hydrogen (secondary N) is 2. The lowest BCUT2D eigenvalue weighted by Crippen LogP contribution is -2.52. The molecule has 178 valence electrons. The maximum absolute atomic E-state index is 12.7. The zero-order valence-corrected chi connectivity index (χ0v) is 20.3. The van der Waals surface area contributed by atoms with Gasteiger partial charge in [-0.25, -0.2) is 4.98 Å². The predicted octanol–water partition coefficient (Wildman–Crippen LogP) is 3.59. The van der Waals surface area contributed by atoms with Crippen molar-refractivity contribution in [3.63, 3.8) is 0 Å². The Morgan fingerprint density at radius 2 is 1.88 bits per heavy atom. The number of piperazine rings is 1. The van der Waals surface area contributed by atoms with Crippen LogP contribution < -0.4 is 5.32 Å². The first-order valence-electron chi connectivity index (χ1n) is 10.2. The highest BCUT2D eigenvalue weighted by Crippen LogP contribution is 2.29. The number of nitrogens with zero attached hydrogens (tertiary/aromatic N) is 5. The molecule has 0 aliphatic carbocycles. The van der Waals surface area contributed by atoms with Gasteiger partial charge in [-0.1, -0.05) is 12.1 Å². The van der Waals surface area contributed by atoms with E-state index in [-0.39, 0.29) is 24.0 Å². The van der Waals surface area contributed by atoms with Crippen LogP contribution in [0.4, 0.5) is 13.2 Å². The predicted molar refractivity (Wildman–Crippen MR) is 128 cm³/mol. The smallest absolute Gasteiger partial charge is 0.416 e. The second-order valence-corrected chi connectivity index (χ2v) is 7.44. The summed E-state index contributed by atoms with van der Waals surface area (Å²) in [6.45, 7) is 4.14. The lowest BCUT2D eigenvalue weighted by atomic mass is 10.1. The van der Waals surface area contributed by atoms with Crippen molar-refractivity contribution in [3.05, 3.63) is 59.6 Å². The average molecular weight is 575 g/mol. The molecule has 2 N–H and O–H groups in total. The zero-order valence-electron chi connectivity index (χ0n) is 18.0. The molecule has 3 heterocycles. The van der Waals surface area contributed by atoms with Crippen LogP contribution >= 0.6 is 24.0 Å². The van der Waals surface area contributed by atoms with Gasteiger partial charge < -0.3 is 14.6 Å². The fourth-order valence-electron chi connectivity index (χ4n) is 3.56. The van der Waals surface area contributed by atoms with Gasteiger partial charge in [-0.2, -0.15) is 13.2 Å². The number of benzene rings is 1. The van der Waals surface area contributed by atoms with Crippen LogP contribution in [0.15, 0.2) is 52.1 Å². The number of aromatic amines is 1. The number of hydrogen-bond acceptors (Lipinski definition) is 5. The summed E-state index contributed by atoms with van der Waals surface area (Å²) in [4.78, 5) is 13.1. The molecule has 1 saturated heterocycles. The molecular weight excluding hydrogens is 550 g/mol. The second-order valence-electron chi connectivity index (χ2n) is 7.44. The first-order chi connectivity index (χ1) is 15.4. The van der Waals surface area contributed by atoms with Gasteiger partial charge in [0.1, 0.15) is 5.82 Å². The minimum Gasteiger partial charge on any atom is -0.461 e. The Morgan fingerprint density at radius 1 is 1.15 bits per heavy atom. The molecule has 0 bridgehead atoms. The number of rotatable bonds is 5. The van der Waals surface area contributed by atoms with Crippen molar-refractivity contribution in [2.24, 2.45) is 4.99 Å². The summed E-state index contributed by atoms with van der Waals surface area (Å²) in [5, 5.41) is 10.3. The Bertz CT molecular complexity index is 1030. The third-order valence-corrected chi connectivity index (χ3v) is 5.26. The van der Waals surface area contributed by atoms with E-state index in [4.69, 9.17) is 4.42 Å². The molecule has 0 saturated carbocycles. The molecule has 0 radical (unpaired) electrons.